The van der Waals surface area contributed by atoms with Gasteiger partial charge in [-0.3, -0.25) is 0 Å². The summed E-state index contributed by atoms with van der Waals surface area (Å²) in [5.74, 6) is 0. The van der Waals surface area contributed by atoms with Gasteiger partial charge < -0.3 is 5.32 Å². The van der Waals surface area contributed by atoms with Gasteiger partial charge in [0.2, 0.25) is 0 Å². The first kappa shape index (κ1) is 10.5. The molecule has 1 aromatic carbocycles. The SMILES string of the molecule is Cc1ccc(C)c(-c2cn(C3CNC3)nn2)c1. The van der Waals surface area contributed by atoms with Gasteiger partial charge >= 0.3 is 0 Å². The molecule has 4 heteroatoms. The molecule has 1 N–H and O–H groups in total. The van der Waals surface area contributed by atoms with Crippen molar-refractivity contribution in [3.05, 3.63) is 35.5 Å². The summed E-state index contributed by atoms with van der Waals surface area (Å²) in [7, 11) is 0. The molecule has 88 valence electrons. The van der Waals surface area contributed by atoms with Crippen molar-refractivity contribution in [2.24, 2.45) is 0 Å². The maximum atomic E-state index is 4.28. The third kappa shape index (κ3) is 1.85. The second-order valence-corrected chi connectivity index (χ2v) is 4.71. The van der Waals surface area contributed by atoms with Crippen LogP contribution in [0.1, 0.15) is 17.2 Å². The molecule has 0 amide bonds. The van der Waals surface area contributed by atoms with Crippen LogP contribution in [0.2, 0.25) is 0 Å². The van der Waals surface area contributed by atoms with Crippen LogP contribution in [-0.4, -0.2) is 28.1 Å². The van der Waals surface area contributed by atoms with Crippen molar-refractivity contribution in [2.45, 2.75) is 19.9 Å². The Morgan fingerprint density at radius 2 is 2.12 bits per heavy atom. The molecule has 2 heterocycles. The molecule has 0 radical (unpaired) electrons. The lowest BCUT2D eigenvalue weighted by molar-refractivity contribution is 0.313. The lowest BCUT2D eigenvalue weighted by Gasteiger charge is -2.26. The molecule has 0 unspecified atom stereocenters. The number of nitrogens with one attached hydrogen (secondary N) is 1. The van der Waals surface area contributed by atoms with Crippen LogP contribution < -0.4 is 5.32 Å². The minimum absolute atomic E-state index is 0.473. The van der Waals surface area contributed by atoms with E-state index in [9.17, 15) is 0 Å². The van der Waals surface area contributed by atoms with E-state index in [-0.39, 0.29) is 0 Å². The summed E-state index contributed by atoms with van der Waals surface area (Å²) in [5.41, 5.74) is 4.65. The molecule has 1 aliphatic heterocycles. The third-order valence-electron chi connectivity index (χ3n) is 3.31. The van der Waals surface area contributed by atoms with Crippen molar-refractivity contribution >= 4 is 0 Å². The van der Waals surface area contributed by atoms with Crippen LogP contribution in [0.25, 0.3) is 11.3 Å². The van der Waals surface area contributed by atoms with Crippen LogP contribution in [0.4, 0.5) is 0 Å². The predicted octanol–water partition coefficient (Wildman–Crippen LogP) is 1.71. The molecule has 0 atom stereocenters. The summed E-state index contributed by atoms with van der Waals surface area (Å²) in [6.07, 6.45) is 2.05. The van der Waals surface area contributed by atoms with Crippen LogP contribution in [0.3, 0.4) is 0 Å². The average molecular weight is 228 g/mol. The number of nitrogens with zero attached hydrogens (tertiary/aromatic N) is 3. The number of aromatic nitrogens is 3. The summed E-state index contributed by atoms with van der Waals surface area (Å²) in [6, 6.07) is 6.90. The van der Waals surface area contributed by atoms with Crippen LogP contribution in [0.15, 0.2) is 24.4 Å². The van der Waals surface area contributed by atoms with E-state index >= 15 is 0 Å². The fraction of sp³-hybridized carbons (Fsp3) is 0.385. The van der Waals surface area contributed by atoms with Crippen molar-refractivity contribution in [1.29, 1.82) is 0 Å². The molecular weight excluding hydrogens is 212 g/mol. The first-order chi connectivity index (χ1) is 8.24. The smallest absolute Gasteiger partial charge is 0.113 e. The molecule has 0 spiro atoms. The number of hydrogen-bond acceptors (Lipinski definition) is 3. The summed E-state index contributed by atoms with van der Waals surface area (Å²) in [5, 5.41) is 11.7. The van der Waals surface area contributed by atoms with E-state index in [0.29, 0.717) is 6.04 Å². The van der Waals surface area contributed by atoms with E-state index in [0.717, 1.165) is 18.8 Å². The topological polar surface area (TPSA) is 42.7 Å². The van der Waals surface area contributed by atoms with Gasteiger partial charge in [0.1, 0.15) is 5.69 Å². The van der Waals surface area contributed by atoms with E-state index in [1.165, 1.54) is 16.7 Å². The van der Waals surface area contributed by atoms with E-state index in [1.807, 2.05) is 10.9 Å². The molecule has 1 aliphatic rings. The van der Waals surface area contributed by atoms with Gasteiger partial charge in [-0.25, -0.2) is 4.68 Å². The van der Waals surface area contributed by atoms with Gasteiger partial charge in [-0.1, -0.05) is 22.9 Å². The Kier molecular flexibility index (Phi) is 2.44. The van der Waals surface area contributed by atoms with Gasteiger partial charge in [0.25, 0.3) is 0 Å². The van der Waals surface area contributed by atoms with Crippen LogP contribution in [0, 0.1) is 13.8 Å². The lowest BCUT2D eigenvalue weighted by Crippen LogP contribution is -2.43. The Morgan fingerprint density at radius 3 is 2.82 bits per heavy atom. The predicted molar refractivity (Wildman–Crippen MR) is 66.8 cm³/mol. The van der Waals surface area contributed by atoms with Crippen LogP contribution in [-0.2, 0) is 0 Å². The molecule has 3 rings (SSSR count). The van der Waals surface area contributed by atoms with Crippen molar-refractivity contribution < 1.29 is 0 Å². The largest absolute Gasteiger partial charge is 0.312 e. The second-order valence-electron chi connectivity index (χ2n) is 4.71. The van der Waals surface area contributed by atoms with E-state index < -0.39 is 0 Å². The maximum Gasteiger partial charge on any atom is 0.113 e. The highest BCUT2D eigenvalue weighted by molar-refractivity contribution is 5.63. The van der Waals surface area contributed by atoms with Gasteiger partial charge in [0.05, 0.1) is 12.2 Å². The highest BCUT2D eigenvalue weighted by atomic mass is 15.4. The van der Waals surface area contributed by atoms with Crippen molar-refractivity contribution in [2.75, 3.05) is 13.1 Å². The molecular formula is C13H16N4. The van der Waals surface area contributed by atoms with E-state index in [1.54, 1.807) is 0 Å². The van der Waals surface area contributed by atoms with Crippen molar-refractivity contribution in [3.8, 4) is 11.3 Å². The summed E-state index contributed by atoms with van der Waals surface area (Å²) < 4.78 is 1.97. The molecule has 2 aromatic rings. The Morgan fingerprint density at radius 1 is 1.29 bits per heavy atom. The molecule has 1 fully saturated rings. The molecule has 0 saturated carbocycles. The van der Waals surface area contributed by atoms with Gasteiger partial charge in [0.15, 0.2) is 0 Å². The standard InChI is InChI=1S/C13H16N4/c1-9-3-4-10(2)12(5-9)13-8-17(16-15-13)11-6-14-7-11/h3-5,8,11,14H,6-7H2,1-2H3. The molecule has 0 aliphatic carbocycles. The van der Waals surface area contributed by atoms with Crippen molar-refractivity contribution in [1.82, 2.24) is 20.3 Å². The highest BCUT2D eigenvalue weighted by Crippen LogP contribution is 2.23. The van der Waals surface area contributed by atoms with Gasteiger partial charge in [0, 0.05) is 18.7 Å². The Hall–Kier alpha value is -1.68. The van der Waals surface area contributed by atoms with Crippen LogP contribution in [0.5, 0.6) is 0 Å². The monoisotopic (exact) mass is 228 g/mol. The zero-order valence-electron chi connectivity index (χ0n) is 10.1. The second kappa shape index (κ2) is 3.96. The number of benzene rings is 1. The number of hydrogen-bond donors (Lipinski definition) is 1. The Balaban J connectivity index is 1.97. The molecule has 17 heavy (non-hydrogen) atoms. The van der Waals surface area contributed by atoms with E-state index in [2.05, 4.69) is 47.7 Å². The quantitative estimate of drug-likeness (QED) is 0.851. The zero-order valence-corrected chi connectivity index (χ0v) is 10.1. The van der Waals surface area contributed by atoms with Gasteiger partial charge in [-0.05, 0) is 25.5 Å². The Labute approximate surface area is 101 Å². The first-order valence-electron chi connectivity index (χ1n) is 5.94. The first-order valence-corrected chi connectivity index (χ1v) is 5.94. The van der Waals surface area contributed by atoms with Crippen LogP contribution >= 0.6 is 0 Å². The third-order valence-corrected chi connectivity index (χ3v) is 3.31. The van der Waals surface area contributed by atoms with Crippen molar-refractivity contribution in [3.63, 3.8) is 0 Å². The summed E-state index contributed by atoms with van der Waals surface area (Å²) >= 11 is 0. The summed E-state index contributed by atoms with van der Waals surface area (Å²) in [4.78, 5) is 0. The normalized spacial score (nSPS) is 15.9. The zero-order chi connectivity index (χ0) is 11.8. The highest BCUT2D eigenvalue weighted by Gasteiger charge is 2.20. The van der Waals surface area contributed by atoms with Gasteiger partial charge in [-0.15, -0.1) is 5.10 Å². The fourth-order valence-electron chi connectivity index (χ4n) is 2.05. The lowest BCUT2D eigenvalue weighted by atomic mass is 10.0. The number of rotatable bonds is 2. The fourth-order valence-corrected chi connectivity index (χ4v) is 2.05. The molecule has 1 saturated heterocycles. The maximum absolute atomic E-state index is 4.28. The molecule has 0 bridgehead atoms. The minimum atomic E-state index is 0.473. The minimum Gasteiger partial charge on any atom is -0.312 e. The number of aryl methyl sites for hydroxylation is 2. The average Bonchev–Trinajstić information content (AvgIpc) is 2.68. The van der Waals surface area contributed by atoms with Gasteiger partial charge in [-0.2, -0.15) is 0 Å². The summed E-state index contributed by atoms with van der Waals surface area (Å²) in [6.45, 7) is 6.20. The van der Waals surface area contributed by atoms with E-state index in [4.69, 9.17) is 0 Å². The molecule has 4 nitrogen and oxygen atoms in total. The Bertz CT molecular complexity index is 540. The molecule has 1 aromatic heterocycles.